The van der Waals surface area contributed by atoms with E-state index in [9.17, 15) is 0 Å². The number of H-pyrrole nitrogens is 1. The van der Waals surface area contributed by atoms with E-state index in [2.05, 4.69) is 145 Å². The first kappa shape index (κ1) is 26.1. The van der Waals surface area contributed by atoms with Crippen LogP contribution in [0.1, 0.15) is 25.0 Å². The fraction of sp³-hybridized carbons (Fsp3) is 0.0750. The molecule has 7 aromatic rings. The molecule has 0 spiro atoms. The number of rotatable bonds is 5. The van der Waals surface area contributed by atoms with E-state index < -0.39 is 0 Å². The highest BCUT2D eigenvalue weighted by atomic mass is 15.0. The number of fused-ring (bicyclic) bond motifs is 3. The summed E-state index contributed by atoms with van der Waals surface area (Å²) in [7, 11) is 0. The molecule has 210 valence electrons. The van der Waals surface area contributed by atoms with Crippen molar-refractivity contribution in [3.8, 4) is 67.4 Å². The molecule has 0 radical (unpaired) electrons. The number of imidazole rings is 1. The summed E-state index contributed by atoms with van der Waals surface area (Å²) >= 11 is 0. The maximum Gasteiger partial charge on any atom is 0.178 e. The lowest BCUT2D eigenvalue weighted by molar-refractivity contribution is 0.662. The minimum atomic E-state index is -0.0716. The van der Waals surface area contributed by atoms with Crippen LogP contribution in [0.4, 0.5) is 0 Å². The van der Waals surface area contributed by atoms with Gasteiger partial charge in [-0.05, 0) is 50.6 Å². The third kappa shape index (κ3) is 4.35. The first-order valence-electron chi connectivity index (χ1n) is 14.9. The van der Waals surface area contributed by atoms with Gasteiger partial charge in [0.1, 0.15) is 5.69 Å². The molecule has 0 atom stereocenters. The van der Waals surface area contributed by atoms with E-state index in [1.54, 1.807) is 12.5 Å². The summed E-state index contributed by atoms with van der Waals surface area (Å²) in [6.45, 7) is 4.67. The lowest BCUT2D eigenvalue weighted by atomic mass is 9.79. The highest BCUT2D eigenvalue weighted by Gasteiger charge is 2.37. The molecule has 0 saturated heterocycles. The Morgan fingerprint density at radius 3 is 1.77 bits per heavy atom. The Morgan fingerprint density at radius 2 is 1.09 bits per heavy atom. The Hall–Kier alpha value is -5.61. The van der Waals surface area contributed by atoms with Crippen LogP contribution in [0.3, 0.4) is 0 Å². The molecule has 44 heavy (non-hydrogen) atoms. The van der Waals surface area contributed by atoms with Crippen LogP contribution in [-0.4, -0.2) is 19.9 Å². The topological polar surface area (TPSA) is 54.5 Å². The molecule has 0 fully saturated rings. The standard InChI is InChI=1S/C40H30N4/c1-40(2)34-14-7-6-11-32(34)33-13-8-12-31(38(33)40)28-17-21-30(22-18-28)36-23-35(43-39(44-36)37-24-41-25-42-37)29-19-15-27(16-20-29)26-9-4-3-5-10-26/h3-25H,1-2H3,(H,41,42). The first-order valence-corrected chi connectivity index (χ1v) is 14.9. The Morgan fingerprint density at radius 1 is 0.523 bits per heavy atom. The Labute approximate surface area is 257 Å². The number of benzene rings is 5. The van der Waals surface area contributed by atoms with Crippen molar-refractivity contribution in [3.63, 3.8) is 0 Å². The molecule has 0 aliphatic heterocycles. The summed E-state index contributed by atoms with van der Waals surface area (Å²) in [5.41, 5.74) is 14.8. The summed E-state index contributed by atoms with van der Waals surface area (Å²) in [4.78, 5) is 17.3. The zero-order valence-corrected chi connectivity index (χ0v) is 24.6. The fourth-order valence-electron chi connectivity index (χ4n) is 6.61. The maximum absolute atomic E-state index is 4.96. The molecule has 1 aliphatic carbocycles. The molecule has 4 heteroatoms. The monoisotopic (exact) mass is 566 g/mol. The van der Waals surface area contributed by atoms with E-state index in [0.717, 1.165) is 28.2 Å². The lowest BCUT2D eigenvalue weighted by Crippen LogP contribution is -2.16. The van der Waals surface area contributed by atoms with E-state index in [1.165, 1.54) is 44.5 Å². The Balaban J connectivity index is 1.18. The van der Waals surface area contributed by atoms with Crippen LogP contribution < -0.4 is 0 Å². The molecule has 2 heterocycles. The molecule has 1 N–H and O–H groups in total. The van der Waals surface area contributed by atoms with Crippen molar-refractivity contribution in [1.29, 1.82) is 0 Å². The zero-order chi connectivity index (χ0) is 29.7. The summed E-state index contributed by atoms with van der Waals surface area (Å²) in [6.07, 6.45) is 3.42. The molecule has 0 amide bonds. The second-order valence-electron chi connectivity index (χ2n) is 11.8. The number of aromatic nitrogens is 4. The van der Waals surface area contributed by atoms with Crippen molar-refractivity contribution < 1.29 is 0 Å². The molecule has 0 bridgehead atoms. The van der Waals surface area contributed by atoms with Gasteiger partial charge in [-0.3, -0.25) is 0 Å². The van der Waals surface area contributed by atoms with Crippen LogP contribution in [0.2, 0.25) is 0 Å². The number of hydrogen-bond donors (Lipinski definition) is 1. The van der Waals surface area contributed by atoms with Gasteiger partial charge in [-0.1, -0.05) is 135 Å². The largest absolute Gasteiger partial charge is 0.342 e. The summed E-state index contributed by atoms with van der Waals surface area (Å²) in [5.74, 6) is 0.617. The molecular formula is C40H30N4. The minimum Gasteiger partial charge on any atom is -0.342 e. The summed E-state index contributed by atoms with van der Waals surface area (Å²) < 4.78 is 0. The van der Waals surface area contributed by atoms with Crippen LogP contribution in [0.5, 0.6) is 0 Å². The van der Waals surface area contributed by atoms with Gasteiger partial charge in [0, 0.05) is 16.5 Å². The van der Waals surface area contributed by atoms with Crippen LogP contribution in [0, 0.1) is 0 Å². The number of hydrogen-bond acceptors (Lipinski definition) is 3. The number of aromatic amines is 1. The average molecular weight is 567 g/mol. The maximum atomic E-state index is 4.96. The van der Waals surface area contributed by atoms with Crippen molar-refractivity contribution in [2.24, 2.45) is 0 Å². The van der Waals surface area contributed by atoms with Gasteiger partial charge >= 0.3 is 0 Å². The Kier molecular flexibility index (Phi) is 6.09. The highest BCUT2D eigenvalue weighted by molar-refractivity contribution is 5.88. The highest BCUT2D eigenvalue weighted by Crippen LogP contribution is 2.52. The van der Waals surface area contributed by atoms with Gasteiger partial charge in [0.25, 0.3) is 0 Å². The molecule has 0 saturated carbocycles. The van der Waals surface area contributed by atoms with Gasteiger partial charge in [-0.2, -0.15) is 0 Å². The van der Waals surface area contributed by atoms with Crippen LogP contribution in [-0.2, 0) is 5.41 Å². The van der Waals surface area contributed by atoms with Gasteiger partial charge in [0.05, 0.1) is 23.9 Å². The normalized spacial score (nSPS) is 13.0. The smallest absolute Gasteiger partial charge is 0.178 e. The van der Waals surface area contributed by atoms with Crippen LogP contribution in [0.25, 0.3) is 67.4 Å². The van der Waals surface area contributed by atoms with Crippen molar-refractivity contribution in [2.45, 2.75) is 19.3 Å². The quantitative estimate of drug-likeness (QED) is 0.226. The molecule has 0 unspecified atom stereocenters. The SMILES string of the molecule is CC1(C)c2ccccc2-c2cccc(-c3ccc(-c4cc(-c5ccc(-c6ccccc6)cc5)nc(-c5cnc[nH]5)n4)cc3)c21. The molecule has 8 rings (SSSR count). The van der Waals surface area contributed by atoms with E-state index >= 15 is 0 Å². The van der Waals surface area contributed by atoms with Crippen molar-refractivity contribution in [2.75, 3.05) is 0 Å². The van der Waals surface area contributed by atoms with Crippen molar-refractivity contribution in [1.82, 2.24) is 19.9 Å². The van der Waals surface area contributed by atoms with Gasteiger partial charge in [-0.25, -0.2) is 15.0 Å². The predicted molar refractivity (Wildman–Crippen MR) is 179 cm³/mol. The average Bonchev–Trinajstić information content (AvgIpc) is 3.71. The summed E-state index contributed by atoms with van der Waals surface area (Å²) in [6, 6.07) is 45.3. The van der Waals surface area contributed by atoms with Gasteiger partial charge < -0.3 is 4.98 Å². The van der Waals surface area contributed by atoms with Crippen molar-refractivity contribution >= 4 is 0 Å². The van der Waals surface area contributed by atoms with E-state index in [-0.39, 0.29) is 5.41 Å². The van der Waals surface area contributed by atoms with E-state index in [0.29, 0.717) is 5.82 Å². The van der Waals surface area contributed by atoms with Gasteiger partial charge in [0.15, 0.2) is 5.82 Å². The fourth-order valence-corrected chi connectivity index (χ4v) is 6.61. The summed E-state index contributed by atoms with van der Waals surface area (Å²) in [5, 5.41) is 0. The predicted octanol–water partition coefficient (Wildman–Crippen LogP) is 9.84. The third-order valence-corrected chi connectivity index (χ3v) is 8.82. The minimum absolute atomic E-state index is 0.0716. The Bertz CT molecular complexity index is 2110. The molecule has 5 aromatic carbocycles. The van der Waals surface area contributed by atoms with Crippen LogP contribution >= 0.6 is 0 Å². The van der Waals surface area contributed by atoms with Crippen LogP contribution in [0.15, 0.2) is 140 Å². The molecule has 4 nitrogen and oxygen atoms in total. The van der Waals surface area contributed by atoms with Gasteiger partial charge in [0.2, 0.25) is 0 Å². The molecule has 2 aromatic heterocycles. The number of nitrogens with zero attached hydrogens (tertiary/aromatic N) is 3. The van der Waals surface area contributed by atoms with Crippen molar-refractivity contribution in [3.05, 3.63) is 151 Å². The molecule has 1 aliphatic rings. The third-order valence-electron chi connectivity index (χ3n) is 8.82. The first-order chi connectivity index (χ1) is 21.6. The number of nitrogens with one attached hydrogen (secondary N) is 1. The lowest BCUT2D eigenvalue weighted by Gasteiger charge is -2.24. The molecular weight excluding hydrogens is 536 g/mol. The van der Waals surface area contributed by atoms with E-state index in [1.807, 2.05) is 6.07 Å². The zero-order valence-electron chi connectivity index (χ0n) is 24.6. The second-order valence-corrected chi connectivity index (χ2v) is 11.8. The van der Waals surface area contributed by atoms with E-state index in [4.69, 9.17) is 9.97 Å². The van der Waals surface area contributed by atoms with Gasteiger partial charge in [-0.15, -0.1) is 0 Å². The second kappa shape index (κ2) is 10.3.